The summed E-state index contributed by atoms with van der Waals surface area (Å²) in [6.45, 7) is 10.7. The second-order valence-electron chi connectivity index (χ2n) is 10.5. The first-order valence-electron chi connectivity index (χ1n) is 11.8. The highest BCUT2D eigenvalue weighted by Crippen LogP contribution is 2.40. The molecule has 10 heteroatoms. The Morgan fingerprint density at radius 3 is 2.17 bits per heavy atom. The van der Waals surface area contributed by atoms with E-state index in [0.717, 1.165) is 5.56 Å². The van der Waals surface area contributed by atoms with Gasteiger partial charge in [0.05, 0.1) is 20.8 Å². The van der Waals surface area contributed by atoms with Crippen LogP contribution in [0.5, 0.6) is 11.5 Å². The predicted molar refractivity (Wildman–Crippen MR) is 133 cm³/mol. The molecule has 1 aliphatic carbocycles. The first-order valence-corrected chi connectivity index (χ1v) is 14.7. The van der Waals surface area contributed by atoms with Crippen molar-refractivity contribution in [1.29, 1.82) is 0 Å². The Hall–Kier alpha value is -1.50. The van der Waals surface area contributed by atoms with E-state index in [0.29, 0.717) is 17.1 Å². The van der Waals surface area contributed by atoms with E-state index in [1.165, 1.54) is 14.2 Å². The average molecular weight is 513 g/mol. The summed E-state index contributed by atoms with van der Waals surface area (Å²) in [6.07, 6.45) is -3.73. The Balaban J connectivity index is 1.79. The second-order valence-corrected chi connectivity index (χ2v) is 15.3. The van der Waals surface area contributed by atoms with Crippen LogP contribution in [0.15, 0.2) is 18.2 Å². The molecule has 9 nitrogen and oxygen atoms in total. The minimum absolute atomic E-state index is 0.0170. The van der Waals surface area contributed by atoms with Gasteiger partial charge >= 0.3 is 0 Å². The third kappa shape index (κ3) is 5.75. The van der Waals surface area contributed by atoms with Gasteiger partial charge in [-0.1, -0.05) is 32.9 Å². The van der Waals surface area contributed by atoms with Gasteiger partial charge in [0.2, 0.25) is 0 Å². The maximum atomic E-state index is 11.1. The summed E-state index contributed by atoms with van der Waals surface area (Å²) in [7, 11) is 2.38. The molecule has 1 heterocycles. The van der Waals surface area contributed by atoms with Gasteiger partial charge in [0.15, 0.2) is 26.1 Å². The largest absolute Gasteiger partial charge is 0.493 e. The molecule has 198 valence electrons. The molecule has 7 atom stereocenters. The summed E-state index contributed by atoms with van der Waals surface area (Å²) in [5, 5.41) is 33.0. The van der Waals surface area contributed by atoms with E-state index in [1.807, 2.05) is 0 Å². The van der Waals surface area contributed by atoms with E-state index in [-0.39, 0.29) is 11.6 Å². The molecule has 0 saturated carbocycles. The maximum absolute atomic E-state index is 11.1. The fourth-order valence-electron chi connectivity index (χ4n) is 4.00. The third-order valence-corrected chi connectivity index (χ3v) is 11.8. The van der Waals surface area contributed by atoms with Crippen LogP contribution in [0.25, 0.3) is 6.08 Å². The lowest BCUT2D eigenvalue weighted by Gasteiger charge is -2.45. The summed E-state index contributed by atoms with van der Waals surface area (Å²) >= 11 is 0. The SMILES string of the molecule is COc1cc2c(cc1OC)[C@@H](O)[C@H](O[C@@H]1[C@H](O)[C@@H](OC)O[C@H](CO[Si](C)(C)C(C)(C)C)[C@H]1O)C=C2. The molecule has 35 heavy (non-hydrogen) atoms. The maximum Gasteiger partial charge on any atom is 0.192 e. The molecule has 1 saturated heterocycles. The molecule has 0 amide bonds. The van der Waals surface area contributed by atoms with E-state index >= 15 is 0 Å². The van der Waals surface area contributed by atoms with Gasteiger partial charge in [0.25, 0.3) is 0 Å². The monoisotopic (exact) mass is 512 g/mol. The van der Waals surface area contributed by atoms with Crippen molar-refractivity contribution >= 4 is 14.4 Å². The number of aliphatic hydroxyl groups is 3. The van der Waals surface area contributed by atoms with Crippen LogP contribution in [0, 0.1) is 0 Å². The Morgan fingerprint density at radius 2 is 1.60 bits per heavy atom. The normalized spacial score (nSPS) is 31.2. The lowest BCUT2D eigenvalue weighted by molar-refractivity contribution is -0.307. The van der Waals surface area contributed by atoms with E-state index in [4.69, 9.17) is 28.1 Å². The molecule has 3 rings (SSSR count). The molecule has 1 aromatic carbocycles. The fourth-order valence-corrected chi connectivity index (χ4v) is 5.01. The molecule has 3 N–H and O–H groups in total. The number of ether oxygens (including phenoxy) is 5. The van der Waals surface area contributed by atoms with Crippen LogP contribution in [0.4, 0.5) is 0 Å². The molecule has 2 aliphatic rings. The molecule has 0 bridgehead atoms. The van der Waals surface area contributed by atoms with E-state index < -0.39 is 51.2 Å². The smallest absolute Gasteiger partial charge is 0.192 e. The van der Waals surface area contributed by atoms with Crippen molar-refractivity contribution in [2.24, 2.45) is 0 Å². The van der Waals surface area contributed by atoms with Crippen molar-refractivity contribution < 1.29 is 43.4 Å². The van der Waals surface area contributed by atoms with Gasteiger partial charge in [-0.25, -0.2) is 0 Å². The van der Waals surface area contributed by atoms with Crippen molar-refractivity contribution in [2.75, 3.05) is 27.9 Å². The number of aliphatic hydroxyl groups excluding tert-OH is 3. The van der Waals surface area contributed by atoms with E-state index in [1.54, 1.807) is 31.4 Å². The third-order valence-electron chi connectivity index (χ3n) is 7.29. The summed E-state index contributed by atoms with van der Waals surface area (Å²) in [5.41, 5.74) is 1.35. The predicted octanol–water partition coefficient (Wildman–Crippen LogP) is 2.63. The molecule has 0 aromatic heterocycles. The Labute approximate surface area is 208 Å². The number of hydrogen-bond acceptors (Lipinski definition) is 9. The summed E-state index contributed by atoms with van der Waals surface area (Å²) in [6, 6.07) is 3.47. The van der Waals surface area contributed by atoms with Crippen LogP contribution in [0.2, 0.25) is 18.1 Å². The fraction of sp³-hybridized carbons (Fsp3) is 0.680. The molecular weight excluding hydrogens is 472 g/mol. The first-order chi connectivity index (χ1) is 16.3. The van der Waals surface area contributed by atoms with Gasteiger partial charge in [-0.3, -0.25) is 0 Å². The lowest BCUT2D eigenvalue weighted by Crippen LogP contribution is -2.61. The van der Waals surface area contributed by atoms with Crippen molar-refractivity contribution in [3.8, 4) is 11.5 Å². The highest BCUT2D eigenvalue weighted by Gasteiger charge is 2.48. The van der Waals surface area contributed by atoms with Gasteiger partial charge < -0.3 is 43.4 Å². The number of rotatable bonds is 8. The quantitative estimate of drug-likeness (QED) is 0.452. The molecular formula is C25H40O9Si. The lowest BCUT2D eigenvalue weighted by atomic mass is 9.91. The minimum atomic E-state index is -2.11. The zero-order valence-electron chi connectivity index (χ0n) is 21.8. The van der Waals surface area contributed by atoms with Crippen LogP contribution >= 0.6 is 0 Å². The van der Waals surface area contributed by atoms with Crippen molar-refractivity contribution in [3.63, 3.8) is 0 Å². The Morgan fingerprint density at radius 1 is 0.971 bits per heavy atom. The van der Waals surface area contributed by atoms with Crippen LogP contribution in [-0.4, -0.2) is 88.4 Å². The summed E-state index contributed by atoms with van der Waals surface area (Å²) < 4.78 is 34.2. The highest BCUT2D eigenvalue weighted by molar-refractivity contribution is 6.74. The van der Waals surface area contributed by atoms with Gasteiger partial charge in [0, 0.05) is 7.11 Å². The Bertz CT molecular complexity index is 898. The topological polar surface area (TPSA) is 116 Å². The molecule has 0 radical (unpaired) electrons. The number of hydrogen-bond donors (Lipinski definition) is 3. The second kappa shape index (κ2) is 10.9. The summed E-state index contributed by atoms with van der Waals surface area (Å²) in [5.74, 6) is 1.03. The molecule has 1 aromatic rings. The zero-order chi connectivity index (χ0) is 26.1. The van der Waals surface area contributed by atoms with E-state index in [2.05, 4.69) is 33.9 Å². The Kier molecular flexibility index (Phi) is 8.71. The standard InChI is InChI=1S/C25H40O9Si/c1-25(2,3)35(7,8)32-13-19-21(27)23(22(28)24(31-6)34-19)33-16-10-9-14-11-17(29-4)18(30-5)12-15(14)20(16)26/h9-12,16,19-24,26-28H,13H2,1-8H3/t16-,19-,20-,21-,22+,23+,24+/m1/s1. The number of methoxy groups -OCH3 is 3. The number of fused-ring (bicyclic) bond motifs is 1. The molecule has 0 spiro atoms. The minimum Gasteiger partial charge on any atom is -0.493 e. The number of benzene rings is 1. The highest BCUT2D eigenvalue weighted by atomic mass is 28.4. The van der Waals surface area contributed by atoms with Crippen molar-refractivity contribution in [2.45, 2.75) is 81.8 Å². The average Bonchev–Trinajstić information content (AvgIpc) is 2.81. The van der Waals surface area contributed by atoms with Crippen LogP contribution in [0.1, 0.15) is 38.0 Å². The van der Waals surface area contributed by atoms with Gasteiger partial charge in [-0.05, 0) is 41.4 Å². The van der Waals surface area contributed by atoms with Crippen LogP contribution < -0.4 is 9.47 Å². The van der Waals surface area contributed by atoms with Crippen molar-refractivity contribution in [1.82, 2.24) is 0 Å². The summed E-state index contributed by atoms with van der Waals surface area (Å²) in [4.78, 5) is 0. The first kappa shape index (κ1) is 28.1. The van der Waals surface area contributed by atoms with Crippen LogP contribution in [-0.2, 0) is 18.6 Å². The van der Waals surface area contributed by atoms with E-state index in [9.17, 15) is 15.3 Å². The van der Waals surface area contributed by atoms with Gasteiger partial charge in [-0.2, -0.15) is 0 Å². The zero-order valence-corrected chi connectivity index (χ0v) is 22.8. The van der Waals surface area contributed by atoms with Gasteiger partial charge in [-0.15, -0.1) is 0 Å². The molecule has 1 fully saturated rings. The van der Waals surface area contributed by atoms with Crippen LogP contribution in [0.3, 0.4) is 0 Å². The molecule has 0 unspecified atom stereocenters. The van der Waals surface area contributed by atoms with Gasteiger partial charge in [0.1, 0.15) is 36.6 Å². The molecule has 1 aliphatic heterocycles. The van der Waals surface area contributed by atoms with Crippen molar-refractivity contribution in [3.05, 3.63) is 29.3 Å².